The minimum atomic E-state index is -0.354. The first-order valence-corrected chi connectivity index (χ1v) is 9.44. The first-order chi connectivity index (χ1) is 12.8. The van der Waals surface area contributed by atoms with Crippen LogP contribution in [0.5, 0.6) is 0 Å². The molecule has 5 nitrogen and oxygen atoms in total. The Morgan fingerprint density at radius 1 is 1.00 bits per heavy atom. The van der Waals surface area contributed by atoms with Gasteiger partial charge in [0.15, 0.2) is 0 Å². The highest BCUT2D eigenvalue weighted by atomic mass is 16.3. The average molecular weight is 348 g/mol. The predicted octanol–water partition coefficient (Wildman–Crippen LogP) is 2.34. The van der Waals surface area contributed by atoms with E-state index < -0.39 is 0 Å². The molecule has 2 N–H and O–H groups in total. The van der Waals surface area contributed by atoms with Crippen molar-refractivity contribution < 1.29 is 5.11 Å². The second-order valence-corrected chi connectivity index (χ2v) is 7.43. The largest absolute Gasteiger partial charge is 0.387 e. The lowest BCUT2D eigenvalue weighted by Crippen LogP contribution is -2.51. The molecule has 1 aliphatic heterocycles. The Kier molecular flexibility index (Phi) is 4.00. The van der Waals surface area contributed by atoms with Gasteiger partial charge in [0, 0.05) is 32.2 Å². The fourth-order valence-corrected chi connectivity index (χ4v) is 4.43. The van der Waals surface area contributed by atoms with Gasteiger partial charge in [0.1, 0.15) is 5.82 Å². The minimum Gasteiger partial charge on any atom is -0.387 e. The lowest BCUT2D eigenvalue weighted by molar-refractivity contribution is 0.0253. The van der Waals surface area contributed by atoms with Gasteiger partial charge in [-0.2, -0.15) is 0 Å². The van der Waals surface area contributed by atoms with Crippen LogP contribution < -0.4 is 0 Å². The summed E-state index contributed by atoms with van der Waals surface area (Å²) in [5, 5.41) is 10.7. The monoisotopic (exact) mass is 348 g/mol. The summed E-state index contributed by atoms with van der Waals surface area (Å²) in [7, 11) is 0. The van der Waals surface area contributed by atoms with Crippen molar-refractivity contribution in [3.63, 3.8) is 0 Å². The van der Waals surface area contributed by atoms with Crippen molar-refractivity contribution in [2.45, 2.75) is 25.1 Å². The molecular formula is C21H24N4O. The lowest BCUT2D eigenvalue weighted by Gasteiger charge is -2.38. The molecule has 134 valence electrons. The van der Waals surface area contributed by atoms with Gasteiger partial charge in [0.05, 0.1) is 23.7 Å². The van der Waals surface area contributed by atoms with Crippen molar-refractivity contribution >= 4 is 11.0 Å². The summed E-state index contributed by atoms with van der Waals surface area (Å²) >= 11 is 0. The molecule has 5 rings (SSSR count). The van der Waals surface area contributed by atoms with Gasteiger partial charge in [0.2, 0.25) is 0 Å². The first-order valence-electron chi connectivity index (χ1n) is 9.44. The zero-order valence-corrected chi connectivity index (χ0v) is 14.8. The van der Waals surface area contributed by atoms with Gasteiger partial charge in [-0.15, -0.1) is 0 Å². The number of H-pyrrole nitrogens is 1. The second kappa shape index (κ2) is 6.50. The number of aliphatic hydroxyl groups excluding tert-OH is 1. The van der Waals surface area contributed by atoms with Crippen LogP contribution in [0.15, 0.2) is 48.5 Å². The molecular weight excluding hydrogens is 324 g/mol. The van der Waals surface area contributed by atoms with Gasteiger partial charge in [0.25, 0.3) is 0 Å². The Morgan fingerprint density at radius 3 is 2.58 bits per heavy atom. The third kappa shape index (κ3) is 2.82. The maximum absolute atomic E-state index is 10.7. The number of nitrogens with zero attached hydrogens (tertiary/aromatic N) is 3. The topological polar surface area (TPSA) is 55.4 Å². The zero-order valence-electron chi connectivity index (χ0n) is 14.8. The minimum absolute atomic E-state index is 0.223. The summed E-state index contributed by atoms with van der Waals surface area (Å²) in [6.07, 6.45) is 0.606. The number of fused-ring (bicyclic) bond motifs is 2. The van der Waals surface area contributed by atoms with Gasteiger partial charge in [-0.05, 0) is 29.7 Å². The number of nitrogens with one attached hydrogen (secondary N) is 1. The number of rotatable bonds is 3. The van der Waals surface area contributed by atoms with E-state index in [4.69, 9.17) is 4.98 Å². The Labute approximate surface area is 153 Å². The van der Waals surface area contributed by atoms with E-state index in [0.29, 0.717) is 0 Å². The van der Waals surface area contributed by atoms with Gasteiger partial charge in [-0.1, -0.05) is 36.4 Å². The molecule has 0 saturated carbocycles. The van der Waals surface area contributed by atoms with E-state index in [2.05, 4.69) is 39.0 Å². The van der Waals surface area contributed by atoms with Crippen LogP contribution in [0.3, 0.4) is 0 Å². The number of piperazine rings is 1. The molecule has 0 spiro atoms. The van der Waals surface area contributed by atoms with E-state index in [9.17, 15) is 5.11 Å². The summed E-state index contributed by atoms with van der Waals surface area (Å²) in [5.41, 5.74) is 4.55. The molecule has 1 saturated heterocycles. The van der Waals surface area contributed by atoms with Gasteiger partial charge < -0.3 is 10.1 Å². The van der Waals surface area contributed by atoms with Crippen LogP contribution in [-0.2, 0) is 13.0 Å². The number of hydrogen-bond donors (Lipinski definition) is 2. The lowest BCUT2D eigenvalue weighted by atomic mass is 10.1. The molecule has 2 atom stereocenters. The maximum atomic E-state index is 10.7. The molecule has 0 amide bonds. The molecule has 1 fully saturated rings. The highest BCUT2D eigenvalue weighted by Gasteiger charge is 2.36. The second-order valence-electron chi connectivity index (χ2n) is 7.43. The van der Waals surface area contributed by atoms with Crippen LogP contribution >= 0.6 is 0 Å². The number of benzene rings is 2. The Hall–Kier alpha value is -2.21. The van der Waals surface area contributed by atoms with Crippen LogP contribution in [0.25, 0.3) is 11.0 Å². The summed E-state index contributed by atoms with van der Waals surface area (Å²) in [4.78, 5) is 13.0. The fourth-order valence-electron chi connectivity index (χ4n) is 4.43. The number of hydrogen-bond acceptors (Lipinski definition) is 4. The van der Waals surface area contributed by atoms with Crippen molar-refractivity contribution in [2.75, 3.05) is 26.2 Å². The molecule has 0 bridgehead atoms. The third-order valence-electron chi connectivity index (χ3n) is 5.85. The summed E-state index contributed by atoms with van der Waals surface area (Å²) in [5.74, 6) is 1.04. The van der Waals surface area contributed by atoms with E-state index in [-0.39, 0.29) is 12.1 Å². The molecule has 0 radical (unpaired) electrons. The van der Waals surface area contributed by atoms with Gasteiger partial charge in [-0.3, -0.25) is 9.80 Å². The number of aromatic amines is 1. The molecule has 2 aliphatic rings. The van der Waals surface area contributed by atoms with E-state index >= 15 is 0 Å². The third-order valence-corrected chi connectivity index (χ3v) is 5.85. The SMILES string of the molecule is OC1c2ccccc2CC1N1CCN(Cc2nc3ccccc3[nH]2)CC1. The highest BCUT2D eigenvalue weighted by molar-refractivity contribution is 5.74. The molecule has 3 aromatic rings. The molecule has 2 unspecified atom stereocenters. The van der Waals surface area contributed by atoms with Crippen molar-refractivity contribution in [2.24, 2.45) is 0 Å². The van der Waals surface area contributed by atoms with Crippen LogP contribution in [0.1, 0.15) is 23.1 Å². The van der Waals surface area contributed by atoms with Gasteiger partial charge in [-0.25, -0.2) is 4.98 Å². The molecule has 26 heavy (non-hydrogen) atoms. The zero-order chi connectivity index (χ0) is 17.5. The van der Waals surface area contributed by atoms with E-state index in [1.807, 2.05) is 24.3 Å². The normalized spacial score (nSPS) is 24.2. The Balaban J connectivity index is 1.21. The van der Waals surface area contributed by atoms with Crippen LogP contribution in [0.4, 0.5) is 0 Å². The fraction of sp³-hybridized carbons (Fsp3) is 0.381. The van der Waals surface area contributed by atoms with Crippen molar-refractivity contribution in [3.05, 3.63) is 65.5 Å². The van der Waals surface area contributed by atoms with Crippen LogP contribution in [0, 0.1) is 0 Å². The summed E-state index contributed by atoms with van der Waals surface area (Å²) in [6.45, 7) is 4.87. The molecule has 2 aromatic carbocycles. The van der Waals surface area contributed by atoms with Crippen LogP contribution in [0.2, 0.25) is 0 Å². The van der Waals surface area contributed by atoms with Crippen LogP contribution in [-0.4, -0.2) is 57.1 Å². The Morgan fingerprint density at radius 2 is 1.77 bits per heavy atom. The van der Waals surface area contributed by atoms with Crippen molar-refractivity contribution in [3.8, 4) is 0 Å². The van der Waals surface area contributed by atoms with E-state index in [1.165, 1.54) is 5.56 Å². The smallest absolute Gasteiger partial charge is 0.121 e. The number of aliphatic hydroxyl groups is 1. The van der Waals surface area contributed by atoms with E-state index in [0.717, 1.165) is 61.6 Å². The number of imidazole rings is 1. The molecule has 2 heterocycles. The first kappa shape index (κ1) is 16.0. The maximum Gasteiger partial charge on any atom is 0.121 e. The molecule has 1 aromatic heterocycles. The van der Waals surface area contributed by atoms with Crippen molar-refractivity contribution in [1.29, 1.82) is 0 Å². The van der Waals surface area contributed by atoms with E-state index in [1.54, 1.807) is 0 Å². The van der Waals surface area contributed by atoms with Gasteiger partial charge >= 0.3 is 0 Å². The summed E-state index contributed by atoms with van der Waals surface area (Å²) in [6, 6.07) is 16.7. The molecule has 5 heteroatoms. The van der Waals surface area contributed by atoms with Crippen molar-refractivity contribution in [1.82, 2.24) is 19.8 Å². The number of para-hydroxylation sites is 2. The predicted molar refractivity (Wildman–Crippen MR) is 102 cm³/mol. The standard InChI is InChI=1S/C21H24N4O/c26-21-16-6-2-1-5-15(16)13-19(21)25-11-9-24(10-12-25)14-20-22-17-7-3-4-8-18(17)23-20/h1-8,19,21,26H,9-14H2,(H,22,23). The Bertz CT molecular complexity index is 880. The summed E-state index contributed by atoms with van der Waals surface area (Å²) < 4.78 is 0. The molecule has 1 aliphatic carbocycles. The average Bonchev–Trinajstić information content (AvgIpc) is 3.23. The highest BCUT2D eigenvalue weighted by Crippen LogP contribution is 2.34. The number of aromatic nitrogens is 2. The quantitative estimate of drug-likeness (QED) is 0.763.